The van der Waals surface area contributed by atoms with Gasteiger partial charge in [0.05, 0.1) is 11.9 Å². The van der Waals surface area contributed by atoms with Gasteiger partial charge in [0.15, 0.2) is 0 Å². The fourth-order valence-corrected chi connectivity index (χ4v) is 3.56. The van der Waals surface area contributed by atoms with Gasteiger partial charge in [0.1, 0.15) is 0 Å². The van der Waals surface area contributed by atoms with E-state index in [4.69, 9.17) is 0 Å². The standard InChI is InChI=1S/C20H18OS/c21-15-16-11-13-18(14-12-16)20(17-7-3-1-4-8-17)22-19-9-5-2-6-10-19/h1-14,20-21H,15H2. The largest absolute Gasteiger partial charge is 0.392 e. The maximum atomic E-state index is 9.21. The molecule has 0 saturated heterocycles. The van der Waals surface area contributed by atoms with Gasteiger partial charge in [-0.2, -0.15) is 0 Å². The highest BCUT2D eigenvalue weighted by atomic mass is 32.2. The molecule has 3 aromatic carbocycles. The van der Waals surface area contributed by atoms with Crippen LogP contribution in [0.15, 0.2) is 89.8 Å². The van der Waals surface area contributed by atoms with Gasteiger partial charge < -0.3 is 5.11 Å². The summed E-state index contributed by atoms with van der Waals surface area (Å²) in [4.78, 5) is 1.25. The Morgan fingerprint density at radius 3 is 1.82 bits per heavy atom. The van der Waals surface area contributed by atoms with Gasteiger partial charge in [-0.25, -0.2) is 0 Å². The second-order valence-electron chi connectivity index (χ2n) is 5.12. The molecule has 0 spiro atoms. The van der Waals surface area contributed by atoms with E-state index in [0.717, 1.165) is 5.56 Å². The van der Waals surface area contributed by atoms with Crippen LogP contribution in [0, 0.1) is 0 Å². The van der Waals surface area contributed by atoms with Crippen LogP contribution < -0.4 is 0 Å². The Hall–Kier alpha value is -2.03. The molecule has 110 valence electrons. The monoisotopic (exact) mass is 306 g/mol. The topological polar surface area (TPSA) is 20.2 Å². The van der Waals surface area contributed by atoms with E-state index in [2.05, 4.69) is 60.7 Å². The van der Waals surface area contributed by atoms with Crippen LogP contribution in [0.5, 0.6) is 0 Å². The third kappa shape index (κ3) is 3.59. The summed E-state index contributed by atoms with van der Waals surface area (Å²) in [6.07, 6.45) is 0. The minimum Gasteiger partial charge on any atom is -0.392 e. The first-order valence-electron chi connectivity index (χ1n) is 7.33. The first-order chi connectivity index (χ1) is 10.9. The highest BCUT2D eigenvalue weighted by Gasteiger charge is 2.15. The third-order valence-corrected chi connectivity index (χ3v) is 4.89. The second-order valence-corrected chi connectivity index (χ2v) is 6.30. The Kier molecular flexibility index (Phi) is 4.94. The Balaban J connectivity index is 1.95. The average molecular weight is 306 g/mol. The summed E-state index contributed by atoms with van der Waals surface area (Å²) >= 11 is 1.85. The molecule has 3 rings (SSSR count). The maximum Gasteiger partial charge on any atom is 0.0681 e. The molecule has 0 amide bonds. The van der Waals surface area contributed by atoms with Gasteiger partial charge in [-0.15, -0.1) is 11.8 Å². The lowest BCUT2D eigenvalue weighted by Gasteiger charge is -2.18. The van der Waals surface area contributed by atoms with Gasteiger partial charge in [0.25, 0.3) is 0 Å². The van der Waals surface area contributed by atoms with Crippen molar-refractivity contribution < 1.29 is 5.11 Å². The molecule has 22 heavy (non-hydrogen) atoms. The van der Waals surface area contributed by atoms with Gasteiger partial charge in [-0.3, -0.25) is 0 Å². The van der Waals surface area contributed by atoms with Crippen LogP contribution in [0.4, 0.5) is 0 Å². The molecule has 2 heteroatoms. The van der Waals surface area contributed by atoms with E-state index in [0.29, 0.717) is 0 Å². The molecule has 0 aliphatic rings. The molecule has 1 atom stereocenters. The molecular weight excluding hydrogens is 288 g/mol. The maximum absolute atomic E-state index is 9.21. The molecule has 0 fully saturated rings. The van der Waals surface area contributed by atoms with Crippen molar-refractivity contribution in [3.05, 3.63) is 102 Å². The van der Waals surface area contributed by atoms with E-state index < -0.39 is 0 Å². The van der Waals surface area contributed by atoms with Crippen LogP contribution in [-0.2, 0) is 6.61 Å². The number of hydrogen-bond acceptors (Lipinski definition) is 2. The average Bonchev–Trinajstić information content (AvgIpc) is 2.61. The van der Waals surface area contributed by atoms with E-state index in [9.17, 15) is 5.11 Å². The summed E-state index contributed by atoms with van der Waals surface area (Å²) in [6.45, 7) is 0.0854. The fraction of sp³-hybridized carbons (Fsp3) is 0.100. The molecule has 0 heterocycles. The van der Waals surface area contributed by atoms with Crippen molar-refractivity contribution in [2.45, 2.75) is 16.8 Å². The molecule has 0 aromatic heterocycles. The number of aliphatic hydroxyl groups excluding tert-OH is 1. The highest BCUT2D eigenvalue weighted by molar-refractivity contribution is 7.99. The van der Waals surface area contributed by atoms with Crippen molar-refractivity contribution in [2.24, 2.45) is 0 Å². The molecule has 0 radical (unpaired) electrons. The minimum absolute atomic E-state index is 0.0854. The second kappa shape index (κ2) is 7.30. The van der Waals surface area contributed by atoms with E-state index in [1.165, 1.54) is 16.0 Å². The number of benzene rings is 3. The summed E-state index contributed by atoms with van der Waals surface area (Å²) < 4.78 is 0. The molecule has 0 aliphatic heterocycles. The van der Waals surface area contributed by atoms with Crippen LogP contribution in [0.1, 0.15) is 21.9 Å². The molecule has 0 aliphatic carbocycles. The minimum atomic E-state index is 0.0854. The van der Waals surface area contributed by atoms with Gasteiger partial charge in [-0.05, 0) is 28.8 Å². The van der Waals surface area contributed by atoms with E-state index >= 15 is 0 Å². The lowest BCUT2D eigenvalue weighted by atomic mass is 10.0. The predicted molar refractivity (Wildman–Crippen MR) is 92.9 cm³/mol. The van der Waals surface area contributed by atoms with Gasteiger partial charge in [0, 0.05) is 4.90 Å². The molecule has 1 nitrogen and oxygen atoms in total. The number of aliphatic hydroxyl groups is 1. The highest BCUT2D eigenvalue weighted by Crippen LogP contribution is 2.40. The molecule has 1 N–H and O–H groups in total. The van der Waals surface area contributed by atoms with Crippen molar-refractivity contribution in [1.29, 1.82) is 0 Å². The van der Waals surface area contributed by atoms with E-state index in [-0.39, 0.29) is 11.9 Å². The first-order valence-corrected chi connectivity index (χ1v) is 8.21. The Bertz CT molecular complexity index is 693. The number of rotatable bonds is 5. The smallest absolute Gasteiger partial charge is 0.0681 e. The van der Waals surface area contributed by atoms with Crippen LogP contribution >= 0.6 is 11.8 Å². The van der Waals surface area contributed by atoms with Crippen LogP contribution in [0.2, 0.25) is 0 Å². The molecule has 3 aromatic rings. The zero-order valence-corrected chi connectivity index (χ0v) is 13.0. The third-order valence-electron chi connectivity index (χ3n) is 3.56. The Morgan fingerprint density at radius 2 is 1.23 bits per heavy atom. The number of hydrogen-bond donors (Lipinski definition) is 1. The van der Waals surface area contributed by atoms with E-state index in [1.807, 2.05) is 36.0 Å². The van der Waals surface area contributed by atoms with Crippen molar-refractivity contribution >= 4 is 11.8 Å². The van der Waals surface area contributed by atoms with Crippen LogP contribution in [0.25, 0.3) is 0 Å². The van der Waals surface area contributed by atoms with Gasteiger partial charge >= 0.3 is 0 Å². The number of thioether (sulfide) groups is 1. The normalized spacial score (nSPS) is 12.0. The Labute approximate surface area is 135 Å². The molecule has 0 saturated carbocycles. The lowest BCUT2D eigenvalue weighted by Crippen LogP contribution is -1.97. The Morgan fingerprint density at radius 1 is 0.682 bits per heavy atom. The first kappa shape index (κ1) is 14.9. The lowest BCUT2D eigenvalue weighted by molar-refractivity contribution is 0.282. The quantitative estimate of drug-likeness (QED) is 0.665. The SMILES string of the molecule is OCc1ccc(C(Sc2ccccc2)c2ccccc2)cc1. The summed E-state index contributed by atoms with van der Waals surface area (Å²) in [6, 6.07) is 29.2. The summed E-state index contributed by atoms with van der Waals surface area (Å²) in [5.74, 6) is 0. The van der Waals surface area contributed by atoms with Gasteiger partial charge in [-0.1, -0.05) is 72.8 Å². The summed E-state index contributed by atoms with van der Waals surface area (Å²) in [5, 5.41) is 9.46. The summed E-state index contributed by atoms with van der Waals surface area (Å²) in [7, 11) is 0. The van der Waals surface area contributed by atoms with Crippen LogP contribution in [-0.4, -0.2) is 5.11 Å². The molecular formula is C20H18OS. The fourth-order valence-electron chi connectivity index (χ4n) is 2.39. The van der Waals surface area contributed by atoms with Crippen LogP contribution in [0.3, 0.4) is 0 Å². The van der Waals surface area contributed by atoms with E-state index in [1.54, 1.807) is 0 Å². The molecule has 1 unspecified atom stereocenters. The summed E-state index contributed by atoms with van der Waals surface area (Å²) in [5.41, 5.74) is 3.48. The van der Waals surface area contributed by atoms with Crippen molar-refractivity contribution in [3.63, 3.8) is 0 Å². The van der Waals surface area contributed by atoms with Crippen molar-refractivity contribution in [2.75, 3.05) is 0 Å². The van der Waals surface area contributed by atoms with Gasteiger partial charge in [0.2, 0.25) is 0 Å². The zero-order valence-electron chi connectivity index (χ0n) is 12.2. The molecule has 0 bridgehead atoms. The van der Waals surface area contributed by atoms with Crippen molar-refractivity contribution in [1.82, 2.24) is 0 Å². The van der Waals surface area contributed by atoms with Crippen molar-refractivity contribution in [3.8, 4) is 0 Å². The predicted octanol–water partition coefficient (Wildman–Crippen LogP) is 5.06. The zero-order chi connectivity index (χ0) is 15.2.